The van der Waals surface area contributed by atoms with Gasteiger partial charge in [0, 0.05) is 56.2 Å². The molecule has 36 heavy (non-hydrogen) atoms. The fraction of sp³-hybridized carbons (Fsp3) is 0.577. The van der Waals surface area contributed by atoms with Gasteiger partial charge in [-0.05, 0) is 37.6 Å². The Bertz CT molecular complexity index is 876. The summed E-state index contributed by atoms with van der Waals surface area (Å²) in [6.07, 6.45) is 3.05. The first kappa shape index (κ1) is 33.3. The molecule has 10 heteroatoms. The third-order valence-corrected chi connectivity index (χ3v) is 4.62. The van der Waals surface area contributed by atoms with Crippen LogP contribution >= 0.6 is 0 Å². The van der Waals surface area contributed by atoms with E-state index in [4.69, 9.17) is 5.11 Å². The summed E-state index contributed by atoms with van der Waals surface area (Å²) in [5, 5.41) is 16.3. The van der Waals surface area contributed by atoms with Gasteiger partial charge < -0.3 is 20.6 Å². The van der Waals surface area contributed by atoms with Crippen molar-refractivity contribution in [2.45, 2.75) is 60.3 Å². The molecular formula is C26H41F3N4O3. The molecule has 0 aromatic heterocycles. The first-order valence-electron chi connectivity index (χ1n) is 12.2. The van der Waals surface area contributed by atoms with E-state index < -0.39 is 11.6 Å². The number of carbonyl (C=O) groups is 2. The molecule has 1 aromatic rings. The number of aliphatic hydroxyl groups is 1. The molecule has 3 N–H and O–H groups in total. The fourth-order valence-corrected chi connectivity index (χ4v) is 3.00. The van der Waals surface area contributed by atoms with Crippen molar-refractivity contribution in [1.82, 2.24) is 15.5 Å². The number of hydrogen-bond acceptors (Lipinski definition) is 5. The van der Waals surface area contributed by atoms with Crippen LogP contribution in [0, 0.1) is 17.6 Å². The van der Waals surface area contributed by atoms with Gasteiger partial charge in [0.15, 0.2) is 11.6 Å². The maximum absolute atomic E-state index is 13.4. The van der Waals surface area contributed by atoms with Gasteiger partial charge in [-0.3, -0.25) is 9.59 Å². The molecule has 0 saturated heterocycles. The smallest absolute Gasteiger partial charge is 0.221 e. The van der Waals surface area contributed by atoms with Gasteiger partial charge in [-0.1, -0.05) is 43.8 Å². The van der Waals surface area contributed by atoms with Crippen LogP contribution in [0.2, 0.25) is 0 Å². The lowest BCUT2D eigenvalue weighted by Gasteiger charge is -2.28. The van der Waals surface area contributed by atoms with E-state index >= 15 is 0 Å². The van der Waals surface area contributed by atoms with Crippen molar-refractivity contribution in [2.75, 3.05) is 33.3 Å². The first-order valence-corrected chi connectivity index (χ1v) is 12.2. The lowest BCUT2D eigenvalue weighted by atomic mass is 9.96. The van der Waals surface area contributed by atoms with Crippen LogP contribution in [0.4, 0.5) is 13.3 Å². The van der Waals surface area contributed by atoms with Crippen LogP contribution in [0.3, 0.4) is 0 Å². The number of nitrogens with one attached hydrogen (secondary N) is 2. The largest absolute Gasteiger partial charge is 0.395 e. The molecule has 0 aliphatic carbocycles. The average Bonchev–Trinajstić information content (AvgIpc) is 2.80. The van der Waals surface area contributed by atoms with E-state index in [2.05, 4.69) is 36.6 Å². The predicted octanol–water partition coefficient (Wildman–Crippen LogP) is 4.31. The topological polar surface area (TPSA) is 94.0 Å². The van der Waals surface area contributed by atoms with Gasteiger partial charge in [0.1, 0.15) is 5.71 Å². The molecule has 204 valence electrons. The van der Waals surface area contributed by atoms with Crippen LogP contribution in [0.1, 0.15) is 65.9 Å². The van der Waals surface area contributed by atoms with Crippen LogP contribution in [0.15, 0.2) is 34.7 Å². The molecule has 7 nitrogen and oxygen atoms in total. The summed E-state index contributed by atoms with van der Waals surface area (Å²) in [6, 6.07) is 3.06. The Hall–Kier alpha value is -2.72. The van der Waals surface area contributed by atoms with Crippen LogP contribution in [0.5, 0.6) is 0 Å². The standard InChI is InChI=1S/C15H16F3N3O.C7H15NO2.C4H10/c1-9(22)19-14-5-6-21(2)8-11(14)15(20-18)10-3-4-12(16)13(17)7-10;1-2-3-4-7(10)8-5-6-9;1-4(2)3/h3-4,7H,5-6,8H2,1-2H3,(H,19,22);9H,2-6H2,1H3,(H,8,10);4H,1-3H3/b20-15+;;. The van der Waals surface area contributed by atoms with Crippen molar-refractivity contribution in [1.29, 1.82) is 0 Å². The molecule has 0 bridgehead atoms. The van der Waals surface area contributed by atoms with Crippen LogP contribution in [-0.4, -0.2) is 60.8 Å². The van der Waals surface area contributed by atoms with Gasteiger partial charge in [-0.25, -0.2) is 8.78 Å². The Kier molecular flexibility index (Phi) is 17.1. The summed E-state index contributed by atoms with van der Waals surface area (Å²) in [5.74, 6) is -1.50. The monoisotopic (exact) mass is 514 g/mol. The second-order valence-electron chi connectivity index (χ2n) is 9.10. The minimum absolute atomic E-state index is 0.0257. The minimum Gasteiger partial charge on any atom is -0.395 e. The summed E-state index contributed by atoms with van der Waals surface area (Å²) in [4.78, 5) is 23.9. The summed E-state index contributed by atoms with van der Waals surface area (Å²) in [6.45, 7) is 11.3. The van der Waals surface area contributed by atoms with E-state index in [-0.39, 0.29) is 29.7 Å². The Labute approximate surface area is 212 Å². The fourth-order valence-electron chi connectivity index (χ4n) is 3.00. The number of amides is 2. The van der Waals surface area contributed by atoms with Crippen LogP contribution < -0.4 is 10.6 Å². The highest BCUT2D eigenvalue weighted by Crippen LogP contribution is 2.22. The molecule has 1 aromatic carbocycles. The molecule has 2 rings (SSSR count). The average molecular weight is 515 g/mol. The van der Waals surface area contributed by atoms with Crippen molar-refractivity contribution in [3.05, 3.63) is 46.7 Å². The minimum atomic E-state index is -1.08. The number of aliphatic hydroxyl groups excluding tert-OH is 1. The lowest BCUT2D eigenvalue weighted by molar-refractivity contribution is -0.121. The summed E-state index contributed by atoms with van der Waals surface area (Å²) in [5.41, 5.74) is 1.02. The number of rotatable bonds is 8. The Morgan fingerprint density at radius 1 is 1.19 bits per heavy atom. The zero-order valence-corrected chi connectivity index (χ0v) is 22.3. The zero-order valence-electron chi connectivity index (χ0n) is 22.3. The molecule has 1 heterocycles. The number of halogens is 3. The third kappa shape index (κ3) is 14.0. The predicted molar refractivity (Wildman–Crippen MR) is 137 cm³/mol. The van der Waals surface area contributed by atoms with E-state index in [1.54, 1.807) is 0 Å². The maximum Gasteiger partial charge on any atom is 0.221 e. The number of benzene rings is 1. The van der Waals surface area contributed by atoms with Gasteiger partial charge in [0.05, 0.1) is 6.61 Å². The summed E-state index contributed by atoms with van der Waals surface area (Å²) in [7, 11) is 1.84. The highest BCUT2D eigenvalue weighted by atomic mass is 19.2. The number of nitrogens with zero attached hydrogens (tertiary/aromatic N) is 2. The normalized spacial score (nSPS) is 13.9. The van der Waals surface area contributed by atoms with Gasteiger partial charge >= 0.3 is 0 Å². The zero-order chi connectivity index (χ0) is 27.7. The van der Waals surface area contributed by atoms with Crippen molar-refractivity contribution < 1.29 is 28.0 Å². The second-order valence-corrected chi connectivity index (χ2v) is 9.10. The maximum atomic E-state index is 13.4. The molecule has 2 amide bonds. The first-order chi connectivity index (χ1) is 17.0. The van der Waals surface area contributed by atoms with Gasteiger partial charge in [0.25, 0.3) is 0 Å². The molecule has 0 unspecified atom stereocenters. The molecule has 1 aliphatic heterocycles. The van der Waals surface area contributed by atoms with Crippen molar-refractivity contribution >= 4 is 17.5 Å². The molecule has 1 aliphatic rings. The quantitative estimate of drug-likeness (QED) is 0.451. The third-order valence-electron chi connectivity index (χ3n) is 4.62. The van der Waals surface area contributed by atoms with E-state index in [1.165, 1.54) is 13.0 Å². The molecular weight excluding hydrogens is 473 g/mol. The molecule has 0 spiro atoms. The van der Waals surface area contributed by atoms with E-state index in [9.17, 15) is 22.9 Å². The Morgan fingerprint density at radius 3 is 2.33 bits per heavy atom. The van der Waals surface area contributed by atoms with Gasteiger partial charge in [0.2, 0.25) is 11.8 Å². The van der Waals surface area contributed by atoms with Crippen LogP contribution in [0.25, 0.3) is 0 Å². The Morgan fingerprint density at radius 2 is 1.83 bits per heavy atom. The second kappa shape index (κ2) is 18.5. The van der Waals surface area contributed by atoms with Gasteiger partial charge in [-0.2, -0.15) is 0 Å². The highest BCUT2D eigenvalue weighted by molar-refractivity contribution is 6.13. The Balaban J connectivity index is 0.000000729. The van der Waals surface area contributed by atoms with Crippen molar-refractivity contribution in [3.63, 3.8) is 0 Å². The van der Waals surface area contributed by atoms with E-state index in [0.717, 1.165) is 30.9 Å². The van der Waals surface area contributed by atoms with Gasteiger partial charge in [-0.15, -0.1) is 0 Å². The number of hydrogen-bond donors (Lipinski definition) is 3. The van der Waals surface area contributed by atoms with Crippen molar-refractivity contribution in [3.8, 4) is 0 Å². The molecule has 0 radical (unpaired) electrons. The van der Waals surface area contributed by atoms with Crippen molar-refractivity contribution in [2.24, 2.45) is 11.1 Å². The molecule has 0 fully saturated rings. The molecule has 0 atom stereocenters. The van der Waals surface area contributed by atoms with E-state index in [0.29, 0.717) is 43.7 Å². The van der Waals surface area contributed by atoms with E-state index in [1.807, 2.05) is 18.9 Å². The summed E-state index contributed by atoms with van der Waals surface area (Å²) >= 11 is 0. The SMILES string of the molecule is CC(=O)NC1=C(/C(=N/F)c2ccc(F)c(F)c2)CN(C)CC1.CC(C)C.CCCCC(=O)NCCO. The number of carbonyl (C=O) groups excluding carboxylic acids is 2. The molecule has 0 saturated carbocycles. The number of unbranched alkanes of at least 4 members (excludes halogenated alkanes) is 1. The lowest BCUT2D eigenvalue weighted by Crippen LogP contribution is -2.36. The highest BCUT2D eigenvalue weighted by Gasteiger charge is 2.23. The summed E-state index contributed by atoms with van der Waals surface area (Å²) < 4.78 is 39.6. The van der Waals surface area contributed by atoms with Crippen LogP contribution in [-0.2, 0) is 9.59 Å². The number of likely N-dealkylation sites (N-methyl/N-ethyl adjacent to an activating group) is 1.